The number of allylic oxidation sites excluding steroid dienone is 2. The molecule has 0 saturated heterocycles. The largest absolute Gasteiger partial charge is 0.328 e. The standard InChI is InChI=1S/C18H16N4OS2/c1-10-7-9-25-16(10)15-14-11(4-2-5-12(14)23)19-18-20-17(21-22(15)18)13-6-3-8-24-13/h3,6-9,15H,2,4-5H2,1H3,(H,19,20,21). The van der Waals surface area contributed by atoms with Crippen LogP contribution >= 0.6 is 22.7 Å². The van der Waals surface area contributed by atoms with Gasteiger partial charge in [-0.3, -0.25) is 4.79 Å². The number of carbonyl (C=O) groups is 1. The third-order valence-corrected chi connectivity index (χ3v) is 6.70. The molecule has 5 nitrogen and oxygen atoms in total. The van der Waals surface area contributed by atoms with Crippen molar-refractivity contribution in [1.82, 2.24) is 14.8 Å². The fourth-order valence-electron chi connectivity index (χ4n) is 3.57. The third kappa shape index (κ3) is 2.30. The zero-order valence-corrected chi connectivity index (χ0v) is 15.3. The van der Waals surface area contributed by atoms with Gasteiger partial charge in [0, 0.05) is 22.6 Å². The van der Waals surface area contributed by atoms with E-state index in [-0.39, 0.29) is 11.8 Å². The Morgan fingerprint density at radius 1 is 1.24 bits per heavy atom. The van der Waals surface area contributed by atoms with Gasteiger partial charge in [-0.2, -0.15) is 4.98 Å². The normalized spacial score (nSPS) is 19.6. The summed E-state index contributed by atoms with van der Waals surface area (Å²) >= 11 is 3.31. The molecule has 1 aliphatic heterocycles. The van der Waals surface area contributed by atoms with E-state index in [0.717, 1.165) is 34.9 Å². The van der Waals surface area contributed by atoms with Gasteiger partial charge in [0.15, 0.2) is 11.6 Å². The molecule has 25 heavy (non-hydrogen) atoms. The molecule has 0 saturated carbocycles. The summed E-state index contributed by atoms with van der Waals surface area (Å²) in [6.07, 6.45) is 2.40. The first kappa shape index (κ1) is 15.0. The molecule has 7 heteroatoms. The fraction of sp³-hybridized carbons (Fsp3) is 0.278. The van der Waals surface area contributed by atoms with Crippen LogP contribution in [0.3, 0.4) is 0 Å². The Morgan fingerprint density at radius 3 is 2.92 bits per heavy atom. The van der Waals surface area contributed by atoms with Crippen LogP contribution in [-0.4, -0.2) is 20.5 Å². The molecule has 0 spiro atoms. The summed E-state index contributed by atoms with van der Waals surface area (Å²) in [6, 6.07) is 5.96. The van der Waals surface area contributed by atoms with E-state index in [1.54, 1.807) is 22.7 Å². The van der Waals surface area contributed by atoms with Crippen LogP contribution < -0.4 is 5.32 Å². The molecule has 5 rings (SSSR count). The molecule has 4 heterocycles. The van der Waals surface area contributed by atoms with Crippen molar-refractivity contribution in [2.24, 2.45) is 0 Å². The predicted molar refractivity (Wildman–Crippen MR) is 100 cm³/mol. The Labute approximate surface area is 153 Å². The van der Waals surface area contributed by atoms with Gasteiger partial charge in [0.25, 0.3) is 0 Å². The first-order valence-electron chi connectivity index (χ1n) is 8.30. The molecule has 1 unspecified atom stereocenters. The van der Waals surface area contributed by atoms with Crippen molar-refractivity contribution >= 4 is 34.4 Å². The number of hydrogen-bond acceptors (Lipinski definition) is 6. The molecular weight excluding hydrogens is 352 g/mol. The Morgan fingerprint density at radius 2 is 2.16 bits per heavy atom. The first-order valence-corrected chi connectivity index (χ1v) is 10.1. The van der Waals surface area contributed by atoms with Crippen LogP contribution in [0.15, 0.2) is 40.2 Å². The summed E-state index contributed by atoms with van der Waals surface area (Å²) in [5.74, 6) is 1.67. The lowest BCUT2D eigenvalue weighted by Gasteiger charge is -2.31. The molecule has 0 bridgehead atoms. The third-order valence-electron chi connectivity index (χ3n) is 4.76. The van der Waals surface area contributed by atoms with Crippen molar-refractivity contribution in [1.29, 1.82) is 0 Å². The molecule has 3 aromatic heterocycles. The number of aromatic nitrogens is 3. The molecule has 0 fully saturated rings. The van der Waals surface area contributed by atoms with Crippen LogP contribution in [0.1, 0.15) is 35.7 Å². The van der Waals surface area contributed by atoms with E-state index in [2.05, 4.69) is 23.7 Å². The fourth-order valence-corrected chi connectivity index (χ4v) is 5.25. The van der Waals surface area contributed by atoms with E-state index in [4.69, 9.17) is 10.1 Å². The second-order valence-electron chi connectivity index (χ2n) is 6.35. The Kier molecular flexibility index (Phi) is 3.39. The predicted octanol–water partition coefficient (Wildman–Crippen LogP) is 4.40. The van der Waals surface area contributed by atoms with Gasteiger partial charge in [-0.25, -0.2) is 4.68 Å². The summed E-state index contributed by atoms with van der Waals surface area (Å²) < 4.78 is 1.90. The van der Waals surface area contributed by atoms with Gasteiger partial charge in [0.1, 0.15) is 6.04 Å². The van der Waals surface area contributed by atoms with Crippen molar-refractivity contribution in [3.8, 4) is 10.7 Å². The summed E-state index contributed by atoms with van der Waals surface area (Å²) in [5.41, 5.74) is 3.08. The number of ketones is 1. The number of rotatable bonds is 2. The van der Waals surface area contributed by atoms with E-state index in [9.17, 15) is 4.79 Å². The van der Waals surface area contributed by atoms with Gasteiger partial charge in [0.05, 0.1) is 4.88 Å². The molecule has 2 aliphatic rings. The highest BCUT2D eigenvalue weighted by Gasteiger charge is 2.38. The van der Waals surface area contributed by atoms with Crippen LogP contribution in [0.2, 0.25) is 0 Å². The monoisotopic (exact) mass is 368 g/mol. The highest BCUT2D eigenvalue weighted by Crippen LogP contribution is 2.43. The number of hydrogen-bond donors (Lipinski definition) is 1. The van der Waals surface area contributed by atoms with Crippen LogP contribution in [0, 0.1) is 6.92 Å². The summed E-state index contributed by atoms with van der Waals surface area (Å²) in [5, 5.41) is 12.3. The van der Waals surface area contributed by atoms with Crippen molar-refractivity contribution in [2.45, 2.75) is 32.2 Å². The average molecular weight is 368 g/mol. The van der Waals surface area contributed by atoms with Gasteiger partial charge < -0.3 is 5.32 Å². The maximum absolute atomic E-state index is 12.7. The molecule has 126 valence electrons. The second-order valence-corrected chi connectivity index (χ2v) is 8.24. The highest BCUT2D eigenvalue weighted by molar-refractivity contribution is 7.13. The number of thiophene rings is 2. The van der Waals surface area contributed by atoms with Crippen LogP contribution in [-0.2, 0) is 4.79 Å². The van der Waals surface area contributed by atoms with Gasteiger partial charge in [-0.05, 0) is 48.2 Å². The zero-order chi connectivity index (χ0) is 17.0. The van der Waals surface area contributed by atoms with E-state index in [0.29, 0.717) is 12.2 Å². The van der Waals surface area contributed by atoms with Gasteiger partial charge in [-0.1, -0.05) is 6.07 Å². The smallest absolute Gasteiger partial charge is 0.226 e. The average Bonchev–Trinajstić information content (AvgIpc) is 3.33. The SMILES string of the molecule is Cc1ccsc1C1C2=C(CCCC2=O)Nc2nc(-c3cccs3)nn21. The summed E-state index contributed by atoms with van der Waals surface area (Å²) in [6.45, 7) is 2.10. The molecule has 3 aromatic rings. The van der Waals surface area contributed by atoms with Crippen LogP contribution in [0.25, 0.3) is 10.7 Å². The zero-order valence-electron chi connectivity index (χ0n) is 13.7. The Bertz CT molecular complexity index is 996. The van der Waals surface area contributed by atoms with Crippen molar-refractivity contribution in [3.63, 3.8) is 0 Å². The lowest BCUT2D eigenvalue weighted by molar-refractivity contribution is -0.116. The maximum atomic E-state index is 12.7. The highest BCUT2D eigenvalue weighted by atomic mass is 32.1. The molecular formula is C18H16N4OS2. The maximum Gasteiger partial charge on any atom is 0.226 e. The van der Waals surface area contributed by atoms with Gasteiger partial charge in [0.2, 0.25) is 5.95 Å². The molecule has 0 aromatic carbocycles. The second kappa shape index (κ2) is 5.64. The number of anilines is 1. The molecule has 1 atom stereocenters. The number of nitrogens with zero attached hydrogens (tertiary/aromatic N) is 3. The van der Waals surface area contributed by atoms with Crippen molar-refractivity contribution < 1.29 is 4.79 Å². The van der Waals surface area contributed by atoms with Gasteiger partial charge in [-0.15, -0.1) is 27.8 Å². The van der Waals surface area contributed by atoms with Crippen molar-refractivity contribution in [3.05, 3.63) is 50.7 Å². The minimum atomic E-state index is -0.166. The van der Waals surface area contributed by atoms with Crippen LogP contribution in [0.5, 0.6) is 0 Å². The Hall–Kier alpha value is -2.25. The van der Waals surface area contributed by atoms with E-state index in [1.807, 2.05) is 22.2 Å². The lowest BCUT2D eigenvalue weighted by atomic mass is 9.87. The molecule has 1 aliphatic carbocycles. The van der Waals surface area contributed by atoms with Gasteiger partial charge >= 0.3 is 0 Å². The quantitative estimate of drug-likeness (QED) is 0.728. The number of fused-ring (bicyclic) bond motifs is 1. The molecule has 0 radical (unpaired) electrons. The van der Waals surface area contributed by atoms with E-state index in [1.165, 1.54) is 10.4 Å². The lowest BCUT2D eigenvalue weighted by Crippen LogP contribution is -2.31. The first-order chi connectivity index (χ1) is 12.2. The summed E-state index contributed by atoms with van der Waals surface area (Å²) in [7, 11) is 0. The molecule has 0 amide bonds. The minimum Gasteiger partial charge on any atom is -0.328 e. The number of Topliss-reactive ketones (excluding diaryl/α,β-unsaturated/α-hetero) is 1. The topological polar surface area (TPSA) is 59.8 Å². The molecule has 1 N–H and O–H groups in total. The number of nitrogens with one attached hydrogen (secondary N) is 1. The number of aryl methyl sites for hydroxylation is 1. The van der Waals surface area contributed by atoms with Crippen molar-refractivity contribution in [2.75, 3.05) is 5.32 Å². The van der Waals surface area contributed by atoms with Crippen LogP contribution in [0.4, 0.5) is 5.95 Å². The Balaban J connectivity index is 1.72. The van der Waals surface area contributed by atoms with E-state index < -0.39 is 0 Å². The summed E-state index contributed by atoms with van der Waals surface area (Å²) in [4.78, 5) is 19.7. The number of carbonyl (C=O) groups excluding carboxylic acids is 1. The minimum absolute atomic E-state index is 0.166. The van der Waals surface area contributed by atoms with E-state index >= 15 is 0 Å².